The van der Waals surface area contributed by atoms with E-state index in [1.807, 2.05) is 121 Å². The number of carbonyl (C=O) groups is 3. The summed E-state index contributed by atoms with van der Waals surface area (Å²) in [6.45, 7) is 5.38. The van der Waals surface area contributed by atoms with E-state index in [2.05, 4.69) is 23.1 Å². The molecule has 3 aromatic heterocycles. The molecular weight excluding hydrogens is 1470 g/mol. The van der Waals surface area contributed by atoms with Gasteiger partial charge in [-0.25, -0.2) is 24.1 Å². The average Bonchev–Trinajstić information content (AvgIpc) is 1.66. The summed E-state index contributed by atoms with van der Waals surface area (Å²) in [6, 6.07) is 40.1. The summed E-state index contributed by atoms with van der Waals surface area (Å²) in [5, 5.41) is 26.4. The Labute approximate surface area is 649 Å². The third-order valence-electron chi connectivity index (χ3n) is 21.3. The van der Waals surface area contributed by atoms with E-state index in [0.29, 0.717) is 47.7 Å². The smallest absolute Gasteiger partial charge is 0.243 e. The number of carbonyl (C=O) groups excluding carboxylic acids is 3. The highest BCUT2D eigenvalue weighted by Gasteiger charge is 2.39. The zero-order chi connectivity index (χ0) is 73.4. The van der Waals surface area contributed by atoms with Crippen LogP contribution < -0.4 is 25.6 Å². The fraction of sp³-hybridized carbons (Fsp3) is 0.407. The monoisotopic (exact) mass is 1560 g/mol. The molecule has 24 heteroatoms. The van der Waals surface area contributed by atoms with Gasteiger partial charge < -0.3 is 19.5 Å². The average molecular weight is 1560 g/mol. The summed E-state index contributed by atoms with van der Waals surface area (Å²) < 4.78 is 21.7. The Bertz CT molecular complexity index is 4550. The van der Waals surface area contributed by atoms with Crippen molar-refractivity contribution in [1.29, 1.82) is 0 Å². The number of aromatic nitrogens is 6. The quantitative estimate of drug-likeness (QED) is 0.0791. The first-order chi connectivity index (χ1) is 51.0. The van der Waals surface area contributed by atoms with Gasteiger partial charge in [0.1, 0.15) is 11.5 Å². The normalized spacial score (nSPS) is 19.2. The summed E-state index contributed by atoms with van der Waals surface area (Å²) in [6.07, 6.45) is 19.3. The van der Waals surface area contributed by atoms with Crippen LogP contribution in [0.3, 0.4) is 0 Å². The van der Waals surface area contributed by atoms with Gasteiger partial charge in [-0.15, -0.1) is 0 Å². The van der Waals surface area contributed by atoms with Crippen LogP contribution in [-0.4, -0.2) is 117 Å². The number of benzene rings is 6. The van der Waals surface area contributed by atoms with E-state index >= 15 is 0 Å². The van der Waals surface area contributed by atoms with Crippen LogP contribution in [0.25, 0.3) is 50.8 Å². The largest absolute Gasteiger partial charge is 0.497 e. The third-order valence-corrected chi connectivity index (χ3v) is 23.2. The molecule has 0 spiro atoms. The zero-order valence-corrected chi connectivity index (χ0v) is 64.8. The van der Waals surface area contributed by atoms with E-state index in [9.17, 15) is 14.4 Å². The van der Waals surface area contributed by atoms with E-state index in [4.69, 9.17) is 111 Å². The topological polar surface area (TPSA) is 175 Å². The van der Waals surface area contributed by atoms with Crippen molar-refractivity contribution in [3.05, 3.63) is 196 Å². The van der Waals surface area contributed by atoms with Gasteiger partial charge >= 0.3 is 0 Å². The molecule has 6 aliphatic rings. The summed E-state index contributed by atoms with van der Waals surface area (Å²) in [4.78, 5) is 40.5. The first kappa shape index (κ1) is 76.1. The molecule has 552 valence electrons. The lowest BCUT2D eigenvalue weighted by molar-refractivity contribution is -0.129. The van der Waals surface area contributed by atoms with Crippen LogP contribution in [0.2, 0.25) is 35.2 Å². The number of rotatable bonds is 17. The highest BCUT2D eigenvalue weighted by Crippen LogP contribution is 2.45. The van der Waals surface area contributed by atoms with Crippen LogP contribution in [-0.2, 0) is 38.4 Å². The number of amides is 3. The first-order valence-electron chi connectivity index (χ1n) is 36.7. The molecule has 15 rings (SSSR count). The lowest BCUT2D eigenvalue weighted by Crippen LogP contribution is -2.48. The van der Waals surface area contributed by atoms with Gasteiger partial charge in [-0.1, -0.05) is 119 Å². The molecule has 5 atom stereocenters. The molecule has 3 amide bonds. The number of methoxy groups -OCH3 is 3. The Morgan fingerprint density at radius 1 is 0.438 bits per heavy atom. The maximum absolute atomic E-state index is 13.6. The third kappa shape index (κ3) is 17.2. The number of ether oxygens (including phenoxy) is 3. The van der Waals surface area contributed by atoms with E-state index in [1.54, 1.807) is 51.7 Å². The molecule has 1 saturated carbocycles. The maximum atomic E-state index is 13.6. The minimum Gasteiger partial charge on any atom is -0.497 e. The summed E-state index contributed by atoms with van der Waals surface area (Å²) in [7, 11) is 5.00. The molecule has 0 bridgehead atoms. The van der Waals surface area contributed by atoms with Gasteiger partial charge in [0.05, 0.1) is 111 Å². The lowest BCUT2D eigenvalue weighted by Gasteiger charge is -2.30. The summed E-state index contributed by atoms with van der Waals surface area (Å²) in [5.74, 6) is 1.29. The van der Waals surface area contributed by atoms with E-state index in [1.165, 1.54) is 38.5 Å². The van der Waals surface area contributed by atoms with Crippen molar-refractivity contribution in [2.24, 2.45) is 5.92 Å². The molecule has 4 aliphatic carbocycles. The molecule has 17 nitrogen and oxygen atoms in total. The summed E-state index contributed by atoms with van der Waals surface area (Å²) >= 11 is 44.5. The van der Waals surface area contributed by atoms with E-state index in [-0.39, 0.29) is 47.6 Å². The molecule has 5 heterocycles. The van der Waals surface area contributed by atoms with Crippen molar-refractivity contribution in [2.75, 3.05) is 47.6 Å². The molecule has 6 aromatic carbocycles. The minimum absolute atomic E-state index is 0.0207. The van der Waals surface area contributed by atoms with Crippen molar-refractivity contribution < 1.29 is 28.6 Å². The highest BCUT2D eigenvalue weighted by molar-refractivity contribution is 6.37. The Morgan fingerprint density at radius 3 is 1.24 bits per heavy atom. The fourth-order valence-corrected chi connectivity index (χ4v) is 17.6. The molecule has 9 aromatic rings. The number of hydrazine groups is 2. The molecule has 0 radical (unpaired) electrons. The first-order valence-corrected chi connectivity index (χ1v) is 39.3. The minimum atomic E-state index is -0.345. The van der Waals surface area contributed by atoms with Crippen molar-refractivity contribution in [2.45, 2.75) is 159 Å². The Morgan fingerprint density at radius 2 is 0.829 bits per heavy atom. The Kier molecular flexibility index (Phi) is 25.2. The second-order valence-electron chi connectivity index (χ2n) is 28.1. The molecule has 3 fully saturated rings. The molecule has 2 saturated heterocycles. The van der Waals surface area contributed by atoms with Crippen molar-refractivity contribution in [1.82, 2.24) is 55.5 Å². The van der Waals surface area contributed by atoms with E-state index in [0.717, 1.165) is 199 Å². The molecular formula is C81H88Cl7N11O6. The number of piperidine rings is 1. The molecule has 105 heavy (non-hydrogen) atoms. The predicted octanol–water partition coefficient (Wildman–Crippen LogP) is 19.2. The standard InChI is InChI=1S/C29H33Cl2N3O2.C27H30Cl2N4O3.C25H25Cl3N4O/c1-18(19-7-4-3-5-8-19)32-29(35)24-10-6-9-23-27(24)33-34(26-16-13-21(30)17-25(26)31)28(23)20-11-14-22(36-2)15-12-20;1-35-16-19-5-4-14-32(19)31-27(34)22-7-3-6-21-25(22)30-33(24-13-10-18(28)15-23(24)29)26(21)17-8-11-20(36-2)12-9-17;26-17-9-7-16(8-10-17)24-19-5-4-6-20(25(33)30-31-13-2-1-3-14-31)23(19)29-32(24)22-12-11-18(27)15-21(22)28/h11-19,24H,3-10H2,1-2H3,(H,32,35);8-13,15,19,22H,3-7,14,16H2,1-2H3,(H,31,34);7-12,15,20H,1-6,13-14H2,(H,30,33)/t18-,24?;19-,22?;/m11./s1. The van der Waals surface area contributed by atoms with Crippen LogP contribution in [0.5, 0.6) is 11.5 Å². The van der Waals surface area contributed by atoms with E-state index < -0.39 is 0 Å². The Hall–Kier alpha value is -7.13. The van der Waals surface area contributed by atoms with Gasteiger partial charge in [0, 0.05) is 86.3 Å². The number of nitrogens with zero attached hydrogens (tertiary/aromatic N) is 8. The molecule has 2 aliphatic heterocycles. The van der Waals surface area contributed by atoms with Crippen LogP contribution in [0.1, 0.15) is 161 Å². The lowest BCUT2D eigenvalue weighted by atomic mass is 9.83. The molecule has 3 N–H and O–H groups in total. The number of fused-ring (bicyclic) bond motifs is 3. The van der Waals surface area contributed by atoms with Crippen LogP contribution >= 0.6 is 81.2 Å². The van der Waals surface area contributed by atoms with Gasteiger partial charge in [-0.2, -0.15) is 15.3 Å². The molecule has 3 unspecified atom stereocenters. The van der Waals surface area contributed by atoms with Crippen LogP contribution in [0, 0.1) is 5.92 Å². The number of hydrogen-bond donors (Lipinski definition) is 3. The predicted molar refractivity (Wildman–Crippen MR) is 420 cm³/mol. The van der Waals surface area contributed by atoms with Gasteiger partial charge in [0.25, 0.3) is 0 Å². The highest BCUT2D eigenvalue weighted by atomic mass is 35.5. The second-order valence-corrected chi connectivity index (χ2v) is 31.1. The van der Waals surface area contributed by atoms with Crippen molar-refractivity contribution >= 4 is 98.9 Å². The van der Waals surface area contributed by atoms with Gasteiger partial charge in [0.2, 0.25) is 17.7 Å². The van der Waals surface area contributed by atoms with Crippen molar-refractivity contribution in [3.8, 4) is 62.3 Å². The van der Waals surface area contributed by atoms with Gasteiger partial charge in [-0.05, 0) is 224 Å². The van der Waals surface area contributed by atoms with Gasteiger partial charge in [-0.3, -0.25) is 25.2 Å². The van der Waals surface area contributed by atoms with Gasteiger partial charge in [0.15, 0.2) is 0 Å². The maximum Gasteiger partial charge on any atom is 0.243 e. The Balaban J connectivity index is 0.000000140. The number of halogens is 7. The number of hydrogen-bond acceptors (Lipinski definition) is 11. The second kappa shape index (κ2) is 34.8. The van der Waals surface area contributed by atoms with Crippen LogP contribution in [0.4, 0.5) is 0 Å². The zero-order valence-electron chi connectivity index (χ0n) is 59.5. The SMILES string of the molecule is COC[C@H]1CCCN1NC(=O)C1CCCc2c1nn(-c1ccc(Cl)cc1Cl)c2-c1ccc(OC)cc1.COc1ccc(-c2c3c(nn2-c2ccc(Cl)cc2Cl)C(C(=O)N[C@H](C)C2CCCCC2)CCC3)cc1.O=C(NN1CCCCC1)C1CCCc2c1nn(-c1ccc(Cl)cc1Cl)c2-c1ccc(Cl)cc1. The number of nitrogens with one attached hydrogen (secondary N) is 3. The van der Waals surface area contributed by atoms with Crippen molar-refractivity contribution in [3.63, 3.8) is 0 Å². The fourth-order valence-electron chi connectivity index (χ4n) is 16.0. The van der Waals surface area contributed by atoms with Crippen LogP contribution in [0.15, 0.2) is 127 Å². The summed E-state index contributed by atoms with van der Waals surface area (Å²) in [5.41, 5.74) is 20.1.